The highest BCUT2D eigenvalue weighted by Crippen LogP contribution is 2.71. The minimum atomic E-state index is -2.36. The lowest BCUT2D eigenvalue weighted by Crippen LogP contribution is -2.71. The summed E-state index contributed by atoms with van der Waals surface area (Å²) < 4.78 is 50.9. The highest BCUT2D eigenvalue weighted by Gasteiger charge is 2.78. The lowest BCUT2D eigenvalue weighted by atomic mass is 9.44. The Morgan fingerprint density at radius 1 is 0.913 bits per heavy atom. The molecule has 5 rings (SSSR count). The van der Waals surface area contributed by atoms with Crippen molar-refractivity contribution in [2.75, 3.05) is 33.3 Å². The summed E-state index contributed by atoms with van der Waals surface area (Å²) >= 11 is 0. The molecule has 1 heterocycles. The zero-order chi connectivity index (χ0) is 51.8. The SMILES string of the molecule is CC[C@H]1OC(=O)[C@H](C)[C@@H](O)[C@H](C)[C@@H](O)[C@](C)(O)C[C@@H](C)CN(CCCCCCNCCC(=O)O[C@]2(C(=O)OC)[C@H](C)CC3C4C[C@H](F)C5=CC(=O)C=C[C@]5(C)[C@@]4(F)[C@@H](O)C[C@@]32C)[C@H](C)[C@@H](O)[C@]1(C)O. The van der Waals surface area contributed by atoms with E-state index in [9.17, 15) is 49.8 Å². The zero-order valence-corrected chi connectivity index (χ0v) is 42.9. The second-order valence-corrected chi connectivity index (χ2v) is 22.6. The number of nitrogens with zero attached hydrogens (tertiary/aromatic N) is 1. The van der Waals surface area contributed by atoms with Gasteiger partial charge >= 0.3 is 17.9 Å². The molecule has 0 amide bonds. The smallest absolute Gasteiger partial charge is 0.351 e. The molecule has 5 aliphatic rings. The van der Waals surface area contributed by atoms with E-state index in [0.717, 1.165) is 31.8 Å². The summed E-state index contributed by atoms with van der Waals surface area (Å²) in [4.78, 5) is 55.1. The Labute approximate surface area is 407 Å². The van der Waals surface area contributed by atoms with Gasteiger partial charge < -0.3 is 50.2 Å². The third kappa shape index (κ3) is 10.4. The largest absolute Gasteiger partial charge is 0.466 e. The molecular weight excluding hydrogens is 899 g/mol. The maximum absolute atomic E-state index is 17.8. The Hall–Kier alpha value is -2.90. The third-order valence-corrected chi connectivity index (χ3v) is 17.8. The van der Waals surface area contributed by atoms with Gasteiger partial charge in [-0.2, -0.15) is 0 Å². The molecule has 4 aliphatic carbocycles. The highest BCUT2D eigenvalue weighted by atomic mass is 19.1. The van der Waals surface area contributed by atoms with E-state index in [4.69, 9.17) is 14.2 Å². The highest BCUT2D eigenvalue weighted by molar-refractivity contribution is 6.01. The zero-order valence-electron chi connectivity index (χ0n) is 42.9. The van der Waals surface area contributed by atoms with E-state index in [1.165, 1.54) is 47.0 Å². The standard InChI is InChI=1S/C52H84F2N2O13/c1-12-40-50(10,66)44(62)33(6)56(28-29(2)26-49(9,65)43(61)31(4)42(60)32(5)45(63)68-40)22-16-14-13-15-20-55-21-18-41(59)69-52(46(64)67-11)30(3)23-35-36-25-38(53)37-24-34(57)17-19-47(37,7)51(36,54)39(58)27-48(35,52)8/h17,19,24,29-33,35-36,38-40,42-44,55,58,60-62,65-66H,12-16,18,20-23,25-28H2,1-11H3/t29-,30-,31+,32-,33-,35?,36?,38+,39+,40-,42+,43-,44-,47+,48+,49-,50-,51+,52+/m1/s1. The molecule has 3 saturated carbocycles. The summed E-state index contributed by atoms with van der Waals surface area (Å²) in [5.74, 6) is -7.27. The first-order valence-corrected chi connectivity index (χ1v) is 25.4. The van der Waals surface area contributed by atoms with Crippen LogP contribution in [0.2, 0.25) is 0 Å². The number of fused-ring (bicyclic) bond motifs is 5. The molecule has 4 fully saturated rings. The number of aliphatic hydroxyl groups excluding tert-OH is 4. The van der Waals surface area contributed by atoms with Crippen LogP contribution in [0.15, 0.2) is 23.8 Å². The first-order valence-electron chi connectivity index (χ1n) is 25.4. The predicted molar refractivity (Wildman–Crippen MR) is 253 cm³/mol. The minimum Gasteiger partial charge on any atom is -0.466 e. The Morgan fingerprint density at radius 2 is 1.57 bits per heavy atom. The predicted octanol–water partition coefficient (Wildman–Crippen LogP) is 4.46. The van der Waals surface area contributed by atoms with Gasteiger partial charge in [0.25, 0.3) is 0 Å². The van der Waals surface area contributed by atoms with Gasteiger partial charge in [0.05, 0.1) is 43.4 Å². The summed E-state index contributed by atoms with van der Waals surface area (Å²) in [6, 6.07) is -0.608. The Balaban J connectivity index is 1.17. The van der Waals surface area contributed by atoms with E-state index < -0.39 is 129 Å². The lowest BCUT2D eigenvalue weighted by Gasteiger charge is -2.63. The molecule has 69 heavy (non-hydrogen) atoms. The molecule has 0 bridgehead atoms. The number of carbonyl (C=O) groups is 4. The van der Waals surface area contributed by atoms with Crippen LogP contribution in [-0.2, 0) is 33.4 Å². The molecule has 0 aromatic rings. The van der Waals surface area contributed by atoms with Gasteiger partial charge in [0, 0.05) is 47.7 Å². The number of unbranched alkanes of at least 4 members (excludes halogenated alkanes) is 3. The summed E-state index contributed by atoms with van der Waals surface area (Å²) in [7, 11) is 1.19. The number of esters is 3. The number of hydrogen-bond donors (Lipinski definition) is 7. The van der Waals surface area contributed by atoms with Gasteiger partial charge in [-0.15, -0.1) is 0 Å². The van der Waals surface area contributed by atoms with Gasteiger partial charge in [0.15, 0.2) is 11.5 Å². The minimum absolute atomic E-state index is 0.00242. The summed E-state index contributed by atoms with van der Waals surface area (Å²) in [5.41, 5.74) is -10.6. The molecule has 0 radical (unpaired) electrons. The quantitative estimate of drug-likeness (QED) is 0.0768. The molecule has 0 aromatic heterocycles. The van der Waals surface area contributed by atoms with Crippen LogP contribution in [0.4, 0.5) is 8.78 Å². The second-order valence-electron chi connectivity index (χ2n) is 22.6. The number of cyclic esters (lactones) is 1. The van der Waals surface area contributed by atoms with Crippen molar-refractivity contribution < 1.29 is 72.8 Å². The summed E-state index contributed by atoms with van der Waals surface area (Å²) in [5, 5.41) is 72.2. The average Bonchev–Trinajstić information content (AvgIpc) is 3.50. The van der Waals surface area contributed by atoms with Gasteiger partial charge in [0.2, 0.25) is 5.60 Å². The van der Waals surface area contributed by atoms with Crippen LogP contribution in [0.25, 0.3) is 0 Å². The average molecular weight is 983 g/mol. The fraction of sp³-hybridized carbons (Fsp3) is 0.846. The van der Waals surface area contributed by atoms with Crippen LogP contribution in [0.3, 0.4) is 0 Å². The molecule has 2 unspecified atom stereocenters. The molecule has 1 saturated heterocycles. The number of nitrogens with one attached hydrogen (secondary N) is 1. The number of ketones is 1. The van der Waals surface area contributed by atoms with Crippen molar-refractivity contribution in [3.8, 4) is 0 Å². The number of allylic oxidation sites excluding steroid dienone is 4. The van der Waals surface area contributed by atoms with E-state index in [0.29, 0.717) is 19.6 Å². The molecule has 15 nitrogen and oxygen atoms in total. The van der Waals surface area contributed by atoms with Crippen molar-refractivity contribution in [2.45, 2.75) is 199 Å². The van der Waals surface area contributed by atoms with Crippen LogP contribution < -0.4 is 5.32 Å². The van der Waals surface area contributed by atoms with Crippen molar-refractivity contribution in [3.05, 3.63) is 23.8 Å². The van der Waals surface area contributed by atoms with Crippen LogP contribution >= 0.6 is 0 Å². The lowest BCUT2D eigenvalue weighted by molar-refractivity contribution is -0.238. The fourth-order valence-electron chi connectivity index (χ4n) is 13.7. The first kappa shape index (κ1) is 57.0. The van der Waals surface area contributed by atoms with Gasteiger partial charge in [-0.05, 0) is 122 Å². The third-order valence-electron chi connectivity index (χ3n) is 17.8. The molecule has 19 atom stereocenters. The molecule has 0 spiro atoms. The molecule has 7 N–H and O–H groups in total. The molecule has 394 valence electrons. The Kier molecular flexibility index (Phi) is 17.9. The van der Waals surface area contributed by atoms with E-state index in [1.54, 1.807) is 34.6 Å². The number of carbonyl (C=O) groups excluding carboxylic acids is 4. The van der Waals surface area contributed by atoms with Crippen molar-refractivity contribution >= 4 is 23.7 Å². The van der Waals surface area contributed by atoms with Crippen LogP contribution in [-0.4, -0.2) is 158 Å². The number of halogens is 2. The Bertz CT molecular complexity index is 1920. The fourth-order valence-corrected chi connectivity index (χ4v) is 13.7. The number of hydrogen-bond acceptors (Lipinski definition) is 15. The molecule has 1 aliphatic heterocycles. The Morgan fingerprint density at radius 3 is 2.20 bits per heavy atom. The number of methoxy groups -OCH3 is 1. The van der Waals surface area contributed by atoms with E-state index in [-0.39, 0.29) is 56.6 Å². The van der Waals surface area contributed by atoms with Crippen LogP contribution in [0.1, 0.15) is 133 Å². The number of alkyl halides is 2. The molecule has 17 heteroatoms. The summed E-state index contributed by atoms with van der Waals surface area (Å²) in [6.07, 6.45) is -1.81. The maximum atomic E-state index is 17.8. The van der Waals surface area contributed by atoms with Crippen LogP contribution in [0, 0.1) is 46.3 Å². The topological polar surface area (TPSA) is 233 Å². The number of aliphatic hydroxyl groups is 6. The van der Waals surface area contributed by atoms with E-state index in [2.05, 4.69) is 5.32 Å². The number of ether oxygens (including phenoxy) is 3. The monoisotopic (exact) mass is 983 g/mol. The first-order chi connectivity index (χ1) is 32.0. The van der Waals surface area contributed by atoms with Gasteiger partial charge in [-0.1, -0.05) is 53.5 Å². The van der Waals surface area contributed by atoms with Gasteiger partial charge in [-0.3, -0.25) is 19.3 Å². The molecular formula is C52H84F2N2O13. The summed E-state index contributed by atoms with van der Waals surface area (Å²) in [6.45, 7) is 18.1. The van der Waals surface area contributed by atoms with E-state index in [1.807, 2.05) is 11.8 Å². The molecule has 0 aromatic carbocycles. The normalized spacial score (nSPS) is 45.5. The van der Waals surface area contributed by atoms with Crippen LogP contribution in [0.5, 0.6) is 0 Å². The van der Waals surface area contributed by atoms with Crippen molar-refractivity contribution in [1.82, 2.24) is 10.2 Å². The van der Waals surface area contributed by atoms with Gasteiger partial charge in [0.1, 0.15) is 24.0 Å². The van der Waals surface area contributed by atoms with Crippen molar-refractivity contribution in [2.24, 2.45) is 46.3 Å². The van der Waals surface area contributed by atoms with Gasteiger partial charge in [-0.25, -0.2) is 13.6 Å². The van der Waals surface area contributed by atoms with Crippen molar-refractivity contribution in [3.63, 3.8) is 0 Å². The maximum Gasteiger partial charge on any atom is 0.351 e. The second kappa shape index (κ2) is 21.7. The van der Waals surface area contributed by atoms with E-state index >= 15 is 8.78 Å². The number of rotatable bonds is 13. The van der Waals surface area contributed by atoms with Crippen molar-refractivity contribution in [1.29, 1.82) is 0 Å².